The molecule has 6 rings (SSSR count). The highest BCUT2D eigenvalue weighted by atomic mass is 32.2. The summed E-state index contributed by atoms with van der Waals surface area (Å²) in [4.78, 5) is 80.2. The number of β-lactam (4-membered cyclic amide) rings is 1. The predicted octanol–water partition coefficient (Wildman–Crippen LogP) is 0.197. The lowest BCUT2D eigenvalue weighted by Crippen LogP contribution is -2.71. The number of nitrogens with one attached hydrogen (secondary N) is 2. The second-order valence-corrected chi connectivity index (χ2v) is 12.9. The lowest BCUT2D eigenvalue weighted by molar-refractivity contribution is -0.153. The fourth-order valence-corrected chi connectivity index (χ4v) is 7.61. The van der Waals surface area contributed by atoms with Crippen LogP contribution in [0.3, 0.4) is 0 Å². The summed E-state index contributed by atoms with van der Waals surface area (Å²) in [6, 6.07) is 13.7. The van der Waals surface area contributed by atoms with Crippen molar-refractivity contribution in [1.82, 2.24) is 45.6 Å². The Kier molecular flexibility index (Phi) is 9.72. The van der Waals surface area contributed by atoms with Crippen molar-refractivity contribution in [3.8, 4) is 0 Å². The van der Waals surface area contributed by atoms with Gasteiger partial charge in [0.05, 0.1) is 19.3 Å². The number of hydrogen-bond acceptors (Lipinski definition) is 12. The first-order valence-electron chi connectivity index (χ1n) is 14.8. The van der Waals surface area contributed by atoms with Crippen LogP contribution in [0.5, 0.6) is 0 Å². The van der Waals surface area contributed by atoms with Crippen LogP contribution in [0, 0.1) is 0 Å². The third kappa shape index (κ3) is 6.88. The van der Waals surface area contributed by atoms with E-state index in [4.69, 9.17) is 0 Å². The summed E-state index contributed by atoms with van der Waals surface area (Å²) >= 11 is 2.52. The average Bonchev–Trinajstić information content (AvgIpc) is 3.53. The van der Waals surface area contributed by atoms with Crippen LogP contribution in [0.1, 0.15) is 17.2 Å². The van der Waals surface area contributed by atoms with Gasteiger partial charge in [-0.1, -0.05) is 72.4 Å². The van der Waals surface area contributed by atoms with Crippen LogP contribution in [-0.2, 0) is 31.0 Å². The Hall–Kier alpha value is -5.56. The van der Waals surface area contributed by atoms with E-state index < -0.39 is 53.1 Å². The molecule has 1 aromatic heterocycles. The minimum absolute atomic E-state index is 0.0652. The maximum atomic E-state index is 13.7. The van der Waals surface area contributed by atoms with Crippen LogP contribution in [0.15, 0.2) is 82.2 Å². The van der Waals surface area contributed by atoms with Gasteiger partial charge in [-0.05, 0) is 27.1 Å². The maximum absolute atomic E-state index is 13.7. The number of carboxylic acid groups (broad SMARTS) is 1. The molecule has 0 saturated carbocycles. The van der Waals surface area contributed by atoms with E-state index in [1.54, 1.807) is 61.6 Å². The predicted molar refractivity (Wildman–Crippen MR) is 174 cm³/mol. The number of piperazine rings is 1. The molecular weight excluding hydrogens is 677 g/mol. The van der Waals surface area contributed by atoms with Crippen molar-refractivity contribution in [3.63, 3.8) is 0 Å². The molecule has 4 heterocycles. The van der Waals surface area contributed by atoms with E-state index in [0.717, 1.165) is 9.91 Å². The van der Waals surface area contributed by atoms with E-state index >= 15 is 0 Å². The molecule has 3 atom stereocenters. The average molecular weight is 705 g/mol. The topological polar surface area (TPSA) is 212 Å². The van der Waals surface area contributed by atoms with E-state index in [-0.39, 0.29) is 30.3 Å². The van der Waals surface area contributed by atoms with Gasteiger partial charge in [-0.2, -0.15) is 5.10 Å². The zero-order chi connectivity index (χ0) is 34.7. The molecule has 0 spiro atoms. The Labute approximate surface area is 286 Å². The highest BCUT2D eigenvalue weighted by Crippen LogP contribution is 2.41. The first-order chi connectivity index (χ1) is 23.6. The summed E-state index contributed by atoms with van der Waals surface area (Å²) in [7, 11) is 1.65. The summed E-state index contributed by atoms with van der Waals surface area (Å²) < 4.78 is 1.45. The van der Waals surface area contributed by atoms with E-state index in [0.29, 0.717) is 26.8 Å². The van der Waals surface area contributed by atoms with Gasteiger partial charge >= 0.3 is 23.8 Å². The molecule has 17 nitrogen and oxygen atoms in total. The highest BCUT2D eigenvalue weighted by molar-refractivity contribution is 8.01. The second-order valence-electron chi connectivity index (χ2n) is 10.9. The smallest absolute Gasteiger partial charge is 0.352 e. The highest BCUT2D eigenvalue weighted by Gasteiger charge is 2.54. The molecule has 2 saturated heterocycles. The number of imide groups is 1. The molecule has 3 N–H and O–H groups in total. The number of carboxylic acids is 1. The van der Waals surface area contributed by atoms with Gasteiger partial charge in [0.1, 0.15) is 23.2 Å². The third-order valence-electron chi connectivity index (χ3n) is 7.76. The van der Waals surface area contributed by atoms with Crippen LogP contribution < -0.4 is 10.6 Å². The van der Waals surface area contributed by atoms with Crippen molar-refractivity contribution in [1.29, 1.82) is 0 Å². The molecule has 0 radical (unpaired) electrons. The van der Waals surface area contributed by atoms with Gasteiger partial charge in [-0.25, -0.2) is 19.3 Å². The quantitative estimate of drug-likeness (QED) is 0.112. The molecule has 2 unspecified atom stereocenters. The van der Waals surface area contributed by atoms with E-state index in [1.165, 1.54) is 34.4 Å². The molecule has 3 aliphatic heterocycles. The first kappa shape index (κ1) is 33.3. The molecule has 19 heteroatoms. The number of urea groups is 1. The summed E-state index contributed by atoms with van der Waals surface area (Å²) in [6.07, 6.45) is 1.43. The fourth-order valence-electron chi connectivity index (χ4n) is 5.28. The number of hydrogen-bond donors (Lipinski definition) is 3. The van der Waals surface area contributed by atoms with Crippen LogP contribution in [0.25, 0.3) is 0 Å². The molecule has 0 aliphatic carbocycles. The molecule has 0 bridgehead atoms. The van der Waals surface area contributed by atoms with Gasteiger partial charge in [0.15, 0.2) is 0 Å². The number of carbonyl (C=O) groups is 6. The largest absolute Gasteiger partial charge is 0.477 e. The number of rotatable bonds is 10. The number of thioether (sulfide) groups is 2. The Morgan fingerprint density at radius 1 is 1.06 bits per heavy atom. The summed E-state index contributed by atoms with van der Waals surface area (Å²) in [5.41, 5.74) is 1.40. The number of hydrazone groups is 1. The summed E-state index contributed by atoms with van der Waals surface area (Å²) in [5, 5.41) is 31.2. The summed E-state index contributed by atoms with van der Waals surface area (Å²) in [6.45, 7) is -0.247. The zero-order valence-electron chi connectivity index (χ0n) is 25.7. The minimum atomic E-state index is -1.36. The number of fused-ring (bicyclic) bond motifs is 1. The van der Waals surface area contributed by atoms with Gasteiger partial charge in [0.25, 0.3) is 5.91 Å². The number of aryl methyl sites for hydroxylation is 1. The van der Waals surface area contributed by atoms with Crippen LogP contribution in [-0.4, -0.2) is 118 Å². The third-order valence-corrected chi connectivity index (χ3v) is 10.2. The van der Waals surface area contributed by atoms with Crippen molar-refractivity contribution < 1.29 is 33.9 Å². The Morgan fingerprint density at radius 2 is 1.78 bits per heavy atom. The minimum Gasteiger partial charge on any atom is -0.477 e. The van der Waals surface area contributed by atoms with E-state index in [1.807, 2.05) is 6.07 Å². The van der Waals surface area contributed by atoms with Gasteiger partial charge in [0.2, 0.25) is 11.1 Å². The van der Waals surface area contributed by atoms with Crippen LogP contribution in [0.4, 0.5) is 4.79 Å². The standard InChI is InChI=1S/C30H28N10O7S2/c1-37-30(34-35-36-37)49-16-19-15-48-27-21(24(42)40(27)22(19)28(45)46)32-23(41)20(18-10-6-3-7-11-18)33-29(47)38-12-13-39(26(44)25(38)43)31-14-17-8-4-2-5-9-17/h2-11,14,20-21,27H,12-13,15-16H2,1H3,(H,32,41)(H,33,47)(H,45,46)/b31-14+/t20?,21-,27?/m0/s1. The molecule has 6 amide bonds. The Morgan fingerprint density at radius 3 is 2.45 bits per heavy atom. The van der Waals surface area contributed by atoms with Crippen molar-refractivity contribution >= 4 is 65.4 Å². The number of aromatic nitrogens is 4. The van der Waals surface area contributed by atoms with Gasteiger partial charge in [0, 0.05) is 18.6 Å². The molecule has 3 aromatic rings. The van der Waals surface area contributed by atoms with Crippen molar-refractivity contribution in [3.05, 3.63) is 83.1 Å². The SMILES string of the molecule is Cn1nnnc1SCC1=C(C(=O)O)N2C(=O)[C@H](NC(=O)C(NC(=O)N3CCN(/N=C/c4ccccc4)C(=O)C3=O)c3ccccc3)C2SC1. The summed E-state index contributed by atoms with van der Waals surface area (Å²) in [5.74, 6) is -4.31. The van der Waals surface area contributed by atoms with Crippen LogP contribution >= 0.6 is 23.5 Å². The number of carbonyl (C=O) groups excluding carboxylic acids is 5. The van der Waals surface area contributed by atoms with E-state index in [2.05, 4.69) is 31.3 Å². The number of aliphatic carboxylic acids is 1. The molecule has 49 heavy (non-hydrogen) atoms. The van der Waals surface area contributed by atoms with E-state index in [9.17, 15) is 33.9 Å². The number of nitrogens with zero attached hydrogens (tertiary/aromatic N) is 8. The van der Waals surface area contributed by atoms with Crippen LogP contribution in [0.2, 0.25) is 0 Å². The Balaban J connectivity index is 1.13. The monoisotopic (exact) mass is 704 g/mol. The zero-order valence-corrected chi connectivity index (χ0v) is 27.3. The maximum Gasteiger partial charge on any atom is 0.352 e. The van der Waals surface area contributed by atoms with Gasteiger partial charge < -0.3 is 15.7 Å². The molecule has 2 fully saturated rings. The van der Waals surface area contributed by atoms with Crippen molar-refractivity contribution in [2.75, 3.05) is 24.6 Å². The molecule has 2 aromatic carbocycles. The fraction of sp³-hybridized carbons (Fsp3) is 0.267. The Bertz CT molecular complexity index is 1870. The number of benzene rings is 2. The number of tetrazole rings is 1. The molecule has 3 aliphatic rings. The van der Waals surface area contributed by atoms with Gasteiger partial charge in [-0.3, -0.25) is 29.0 Å². The van der Waals surface area contributed by atoms with Crippen molar-refractivity contribution in [2.45, 2.75) is 22.6 Å². The number of amides is 6. The second kappa shape index (κ2) is 14.3. The first-order valence-corrected chi connectivity index (χ1v) is 16.8. The van der Waals surface area contributed by atoms with Gasteiger partial charge in [-0.15, -0.1) is 16.9 Å². The normalized spacial score (nSPS) is 19.9. The van der Waals surface area contributed by atoms with Crippen molar-refractivity contribution in [2.24, 2.45) is 12.1 Å². The lowest BCUT2D eigenvalue weighted by Gasteiger charge is -2.49. The molecular formula is C30H28N10O7S2. The lowest BCUT2D eigenvalue weighted by atomic mass is 10.0. The molecule has 252 valence electrons.